The van der Waals surface area contributed by atoms with Crippen LogP contribution in [0.4, 0.5) is 18.9 Å². The number of carbonyl (C=O) groups is 1. The molecule has 0 saturated heterocycles. The molecule has 2 aromatic heterocycles. The Hall–Kier alpha value is -3.13. The fraction of sp³-hybridized carbons (Fsp3) is 0.217. The Labute approximate surface area is 180 Å². The van der Waals surface area contributed by atoms with Gasteiger partial charge in [-0.25, -0.2) is 0 Å². The summed E-state index contributed by atoms with van der Waals surface area (Å²) < 4.78 is 41.7. The monoisotopic (exact) mass is 444 g/mol. The first-order chi connectivity index (χ1) is 14.8. The zero-order valence-electron chi connectivity index (χ0n) is 16.9. The first-order valence-electron chi connectivity index (χ1n) is 9.80. The quantitative estimate of drug-likeness (QED) is 0.392. The number of anilines is 1. The van der Waals surface area contributed by atoms with E-state index in [1.165, 1.54) is 28.4 Å². The minimum Gasteiger partial charge on any atom is -0.308 e. The number of nitrogens with zero attached hydrogens (tertiary/aromatic N) is 2. The number of thiophene rings is 1. The molecule has 1 amide bonds. The molecule has 2 heterocycles. The lowest BCUT2D eigenvalue weighted by Crippen LogP contribution is -2.30. The summed E-state index contributed by atoms with van der Waals surface area (Å²) in [6.45, 7) is 4.25. The summed E-state index contributed by atoms with van der Waals surface area (Å²) in [5.41, 5.74) is -0.0535. The normalized spacial score (nSPS) is 11.9. The van der Waals surface area contributed by atoms with Gasteiger partial charge >= 0.3 is 6.18 Å². The molecule has 4 nitrogen and oxygen atoms in total. The lowest BCUT2D eigenvalue weighted by Gasteiger charge is -2.21. The third-order valence-corrected chi connectivity index (χ3v) is 6.38. The number of hydrogen-bond donors (Lipinski definition) is 0. The van der Waals surface area contributed by atoms with Crippen LogP contribution in [0.25, 0.3) is 21.0 Å². The van der Waals surface area contributed by atoms with Crippen LogP contribution in [0.5, 0.6) is 0 Å². The fourth-order valence-electron chi connectivity index (χ4n) is 3.75. The largest absolute Gasteiger partial charge is 0.416 e. The number of alkyl halides is 3. The van der Waals surface area contributed by atoms with Crippen LogP contribution in [0, 0.1) is 0 Å². The molecule has 0 N–H and O–H groups in total. The Morgan fingerprint density at radius 2 is 1.77 bits per heavy atom. The van der Waals surface area contributed by atoms with Gasteiger partial charge < -0.3 is 9.47 Å². The number of benzene rings is 2. The molecule has 0 spiro atoms. The minimum atomic E-state index is -4.50. The van der Waals surface area contributed by atoms with Gasteiger partial charge in [0.25, 0.3) is 11.5 Å². The molecule has 0 aliphatic heterocycles. The van der Waals surface area contributed by atoms with E-state index in [9.17, 15) is 22.8 Å². The smallest absolute Gasteiger partial charge is 0.308 e. The van der Waals surface area contributed by atoms with Crippen molar-refractivity contribution in [3.05, 3.63) is 75.4 Å². The van der Waals surface area contributed by atoms with E-state index in [1.54, 1.807) is 17.6 Å². The lowest BCUT2D eigenvalue weighted by atomic mass is 10.1. The summed E-state index contributed by atoms with van der Waals surface area (Å²) in [6, 6.07) is 13.7. The van der Waals surface area contributed by atoms with Crippen LogP contribution in [0.3, 0.4) is 0 Å². The van der Waals surface area contributed by atoms with Gasteiger partial charge in [0, 0.05) is 28.9 Å². The SMILES string of the molecule is CCN(C(=O)c1cc2c(=O)n(CC)c3ccccc3c2s1)c1cccc(C(F)(F)F)c1. The predicted molar refractivity (Wildman–Crippen MR) is 118 cm³/mol. The number of aryl methyl sites for hydroxylation is 1. The number of carbonyl (C=O) groups excluding carboxylic acids is 1. The number of aromatic nitrogens is 1. The molecule has 4 rings (SSSR count). The van der Waals surface area contributed by atoms with Gasteiger partial charge in [-0.15, -0.1) is 11.3 Å². The highest BCUT2D eigenvalue weighted by Crippen LogP contribution is 2.34. The Kier molecular flexibility index (Phi) is 5.35. The molecule has 4 aromatic rings. The van der Waals surface area contributed by atoms with E-state index in [4.69, 9.17) is 0 Å². The Morgan fingerprint density at radius 3 is 2.45 bits per heavy atom. The second-order valence-electron chi connectivity index (χ2n) is 7.02. The fourth-order valence-corrected chi connectivity index (χ4v) is 4.88. The summed E-state index contributed by atoms with van der Waals surface area (Å²) in [7, 11) is 0. The van der Waals surface area contributed by atoms with Gasteiger partial charge in [0.2, 0.25) is 0 Å². The number of halogens is 3. The molecular formula is C23H19F3N2O2S. The van der Waals surface area contributed by atoms with Gasteiger partial charge in [0.1, 0.15) is 0 Å². The van der Waals surface area contributed by atoms with Crippen molar-refractivity contribution >= 4 is 43.9 Å². The lowest BCUT2D eigenvalue weighted by molar-refractivity contribution is -0.137. The highest BCUT2D eigenvalue weighted by molar-refractivity contribution is 7.21. The zero-order valence-corrected chi connectivity index (χ0v) is 17.7. The van der Waals surface area contributed by atoms with Crippen LogP contribution in [-0.4, -0.2) is 17.0 Å². The first kappa shape index (κ1) is 21.1. The predicted octanol–water partition coefficient (Wildman–Crippen LogP) is 5.92. The summed E-state index contributed by atoms with van der Waals surface area (Å²) >= 11 is 1.19. The second kappa shape index (κ2) is 7.85. The van der Waals surface area contributed by atoms with E-state index in [2.05, 4.69) is 0 Å². The van der Waals surface area contributed by atoms with Crippen molar-refractivity contribution in [2.75, 3.05) is 11.4 Å². The van der Waals surface area contributed by atoms with E-state index in [0.717, 1.165) is 23.0 Å². The summed E-state index contributed by atoms with van der Waals surface area (Å²) in [5, 5.41) is 1.30. The Morgan fingerprint density at radius 1 is 1.03 bits per heavy atom. The number of rotatable bonds is 4. The van der Waals surface area contributed by atoms with E-state index in [1.807, 2.05) is 31.2 Å². The maximum Gasteiger partial charge on any atom is 0.416 e. The van der Waals surface area contributed by atoms with Crippen molar-refractivity contribution in [2.24, 2.45) is 0 Å². The van der Waals surface area contributed by atoms with Gasteiger partial charge in [-0.1, -0.05) is 24.3 Å². The van der Waals surface area contributed by atoms with Crippen LogP contribution >= 0.6 is 11.3 Å². The maximum atomic E-state index is 13.3. The number of pyridine rings is 1. The summed E-state index contributed by atoms with van der Waals surface area (Å²) in [5.74, 6) is -0.436. The van der Waals surface area contributed by atoms with Crippen molar-refractivity contribution in [1.82, 2.24) is 4.57 Å². The van der Waals surface area contributed by atoms with Crippen molar-refractivity contribution < 1.29 is 18.0 Å². The molecule has 0 fully saturated rings. The van der Waals surface area contributed by atoms with Gasteiger partial charge in [-0.2, -0.15) is 13.2 Å². The average molecular weight is 444 g/mol. The van der Waals surface area contributed by atoms with E-state index >= 15 is 0 Å². The Balaban J connectivity index is 1.85. The molecule has 0 saturated carbocycles. The minimum absolute atomic E-state index is 0.163. The standard InChI is InChI=1S/C23H19F3N2O2S/c1-3-27(15-9-7-8-14(12-15)23(24,25)26)22(30)19-13-17-20(31-19)16-10-5-6-11-18(16)28(4-2)21(17)29/h5-13H,3-4H2,1-2H3. The molecule has 0 radical (unpaired) electrons. The third kappa shape index (κ3) is 3.61. The molecule has 0 atom stereocenters. The molecule has 31 heavy (non-hydrogen) atoms. The van der Waals surface area contributed by atoms with Crippen LogP contribution in [0.1, 0.15) is 29.1 Å². The number of para-hydroxylation sites is 1. The summed E-state index contributed by atoms with van der Waals surface area (Å²) in [6.07, 6.45) is -4.50. The average Bonchev–Trinajstić information content (AvgIpc) is 3.20. The molecule has 0 aliphatic carbocycles. The van der Waals surface area contributed by atoms with Crippen LogP contribution in [0.15, 0.2) is 59.4 Å². The third-order valence-electron chi connectivity index (χ3n) is 5.22. The molecule has 8 heteroatoms. The highest BCUT2D eigenvalue weighted by atomic mass is 32.1. The number of fused-ring (bicyclic) bond motifs is 3. The van der Waals surface area contributed by atoms with Crippen LogP contribution in [0.2, 0.25) is 0 Å². The molecule has 0 unspecified atom stereocenters. The maximum absolute atomic E-state index is 13.3. The molecule has 0 bridgehead atoms. The number of amides is 1. The van der Waals surface area contributed by atoms with Gasteiger partial charge in [-0.3, -0.25) is 9.59 Å². The topological polar surface area (TPSA) is 42.3 Å². The van der Waals surface area contributed by atoms with Crippen molar-refractivity contribution in [2.45, 2.75) is 26.6 Å². The molecule has 0 aliphatic rings. The van der Waals surface area contributed by atoms with Crippen molar-refractivity contribution in [3.63, 3.8) is 0 Å². The molecule has 2 aromatic carbocycles. The van der Waals surface area contributed by atoms with Gasteiger partial charge in [-0.05, 0) is 44.2 Å². The molecular weight excluding hydrogens is 425 g/mol. The highest BCUT2D eigenvalue weighted by Gasteiger charge is 2.31. The second-order valence-corrected chi connectivity index (χ2v) is 8.07. The van der Waals surface area contributed by atoms with E-state index < -0.39 is 17.6 Å². The zero-order chi connectivity index (χ0) is 22.3. The Bertz CT molecular complexity index is 1350. The van der Waals surface area contributed by atoms with Crippen molar-refractivity contribution in [1.29, 1.82) is 0 Å². The first-order valence-corrected chi connectivity index (χ1v) is 10.6. The van der Waals surface area contributed by atoms with Gasteiger partial charge in [0.05, 0.1) is 21.3 Å². The van der Waals surface area contributed by atoms with E-state index in [0.29, 0.717) is 21.5 Å². The molecule has 160 valence electrons. The van der Waals surface area contributed by atoms with Crippen molar-refractivity contribution in [3.8, 4) is 0 Å². The number of hydrogen-bond acceptors (Lipinski definition) is 3. The van der Waals surface area contributed by atoms with Crippen LogP contribution < -0.4 is 10.5 Å². The summed E-state index contributed by atoms with van der Waals surface area (Å²) in [4.78, 5) is 27.9. The van der Waals surface area contributed by atoms with Crippen LogP contribution in [-0.2, 0) is 12.7 Å². The van der Waals surface area contributed by atoms with Gasteiger partial charge in [0.15, 0.2) is 0 Å². The van der Waals surface area contributed by atoms with E-state index in [-0.39, 0.29) is 17.8 Å².